The van der Waals surface area contributed by atoms with E-state index in [0.29, 0.717) is 19.7 Å². The van der Waals surface area contributed by atoms with Gasteiger partial charge < -0.3 is 19.1 Å². The minimum atomic E-state index is -0.515. The summed E-state index contributed by atoms with van der Waals surface area (Å²) in [4.78, 5) is 29.3. The maximum atomic E-state index is 13.0. The van der Waals surface area contributed by atoms with Crippen molar-refractivity contribution in [3.8, 4) is 0 Å². The molecular weight excluding hydrogens is 330 g/mol. The van der Waals surface area contributed by atoms with Gasteiger partial charge in [-0.05, 0) is 25.5 Å². The van der Waals surface area contributed by atoms with Gasteiger partial charge in [0.1, 0.15) is 6.54 Å². The lowest BCUT2D eigenvalue weighted by atomic mass is 9.93. The van der Waals surface area contributed by atoms with Gasteiger partial charge in [-0.15, -0.1) is 0 Å². The van der Waals surface area contributed by atoms with Crippen molar-refractivity contribution in [1.29, 1.82) is 0 Å². The molecule has 0 aromatic carbocycles. The molecule has 1 heterocycles. The van der Waals surface area contributed by atoms with Crippen LogP contribution in [0.5, 0.6) is 0 Å². The quantitative estimate of drug-likeness (QED) is 0.676. The van der Waals surface area contributed by atoms with E-state index in [9.17, 15) is 9.59 Å². The summed E-state index contributed by atoms with van der Waals surface area (Å²) in [5.41, 5.74) is 0.533. The van der Waals surface area contributed by atoms with Crippen LogP contribution in [-0.4, -0.2) is 59.0 Å². The number of hydrogen-bond acceptors (Lipinski definition) is 3. The highest BCUT2D eigenvalue weighted by Crippen LogP contribution is 2.20. The second-order valence-electron chi connectivity index (χ2n) is 7.86. The lowest BCUT2D eigenvalue weighted by molar-refractivity contribution is -0.148. The Kier molecular flexibility index (Phi) is 8.34. The Morgan fingerprint density at radius 3 is 2.42 bits per heavy atom. The number of methoxy groups -OCH3 is 1. The van der Waals surface area contributed by atoms with E-state index in [2.05, 4.69) is 0 Å². The second kappa shape index (κ2) is 9.76. The zero-order chi connectivity index (χ0) is 19.9. The van der Waals surface area contributed by atoms with Gasteiger partial charge >= 0.3 is 0 Å². The van der Waals surface area contributed by atoms with Gasteiger partial charge in [-0.25, -0.2) is 0 Å². The summed E-state index contributed by atoms with van der Waals surface area (Å²) in [6, 6.07) is 3.98. The van der Waals surface area contributed by atoms with Crippen LogP contribution >= 0.6 is 0 Å². The second-order valence-corrected chi connectivity index (χ2v) is 7.86. The number of hydrogen-bond donors (Lipinski definition) is 0. The molecule has 0 fully saturated rings. The first-order valence-electron chi connectivity index (χ1n) is 9.29. The summed E-state index contributed by atoms with van der Waals surface area (Å²) in [7, 11) is 3.59. The largest absolute Gasteiger partial charge is 0.383 e. The molecule has 148 valence electrons. The van der Waals surface area contributed by atoms with Gasteiger partial charge in [0.25, 0.3) is 0 Å². The molecule has 0 aliphatic heterocycles. The van der Waals surface area contributed by atoms with Crippen LogP contribution < -0.4 is 0 Å². The van der Waals surface area contributed by atoms with Crippen LogP contribution in [0.4, 0.5) is 0 Å². The summed E-state index contributed by atoms with van der Waals surface area (Å²) in [6.45, 7) is 11.3. The van der Waals surface area contributed by atoms with E-state index in [1.807, 2.05) is 64.6 Å². The van der Waals surface area contributed by atoms with E-state index in [0.717, 1.165) is 12.1 Å². The topological polar surface area (TPSA) is 54.8 Å². The van der Waals surface area contributed by atoms with Crippen LogP contribution in [0.3, 0.4) is 0 Å². The van der Waals surface area contributed by atoms with Gasteiger partial charge in [-0.1, -0.05) is 27.7 Å². The van der Waals surface area contributed by atoms with Crippen molar-refractivity contribution >= 4 is 11.8 Å². The van der Waals surface area contributed by atoms with E-state index in [4.69, 9.17) is 4.74 Å². The van der Waals surface area contributed by atoms with Gasteiger partial charge in [-0.2, -0.15) is 0 Å². The number of nitrogens with zero attached hydrogens (tertiary/aromatic N) is 3. The number of carbonyl (C=O) groups excluding carboxylic acids is 2. The first-order chi connectivity index (χ1) is 12.1. The van der Waals surface area contributed by atoms with Crippen molar-refractivity contribution in [2.75, 3.05) is 26.8 Å². The molecule has 0 saturated heterocycles. The molecule has 0 spiro atoms. The SMILES string of the molecule is CCC(C)N(CC(=O)N(CCOC)Cc1cccn1C)C(=O)C(C)(C)C. The molecule has 6 nitrogen and oxygen atoms in total. The minimum absolute atomic E-state index is 0.00533. The van der Waals surface area contributed by atoms with Crippen molar-refractivity contribution in [3.63, 3.8) is 0 Å². The average Bonchev–Trinajstić information content (AvgIpc) is 2.98. The number of carbonyl (C=O) groups is 2. The number of amides is 2. The molecule has 0 aliphatic carbocycles. The maximum absolute atomic E-state index is 13.0. The third-order valence-corrected chi connectivity index (χ3v) is 4.65. The summed E-state index contributed by atoms with van der Waals surface area (Å²) < 4.78 is 7.17. The van der Waals surface area contributed by atoms with Crippen LogP contribution in [0.15, 0.2) is 18.3 Å². The van der Waals surface area contributed by atoms with Crippen molar-refractivity contribution in [3.05, 3.63) is 24.0 Å². The zero-order valence-electron chi connectivity index (χ0n) is 17.4. The summed E-state index contributed by atoms with van der Waals surface area (Å²) >= 11 is 0. The molecule has 0 N–H and O–H groups in total. The lowest BCUT2D eigenvalue weighted by Gasteiger charge is -2.35. The molecule has 0 saturated carbocycles. The molecule has 26 heavy (non-hydrogen) atoms. The van der Waals surface area contributed by atoms with Crippen LogP contribution in [0.2, 0.25) is 0 Å². The smallest absolute Gasteiger partial charge is 0.242 e. The molecule has 1 aromatic rings. The van der Waals surface area contributed by atoms with Gasteiger partial charge in [0.2, 0.25) is 11.8 Å². The number of aryl methyl sites for hydroxylation is 1. The first kappa shape index (κ1) is 22.2. The van der Waals surface area contributed by atoms with Crippen LogP contribution in [0.1, 0.15) is 46.7 Å². The van der Waals surface area contributed by atoms with E-state index in [1.165, 1.54) is 0 Å². The molecule has 1 unspecified atom stereocenters. The lowest BCUT2D eigenvalue weighted by Crippen LogP contribution is -2.50. The fourth-order valence-electron chi connectivity index (χ4n) is 2.67. The molecule has 0 aliphatic rings. The van der Waals surface area contributed by atoms with Crippen molar-refractivity contribution in [1.82, 2.24) is 14.4 Å². The van der Waals surface area contributed by atoms with E-state index in [1.54, 1.807) is 16.9 Å². The zero-order valence-corrected chi connectivity index (χ0v) is 17.4. The Hall–Kier alpha value is -1.82. The highest BCUT2D eigenvalue weighted by atomic mass is 16.5. The fourth-order valence-corrected chi connectivity index (χ4v) is 2.67. The Balaban J connectivity index is 2.96. The van der Waals surface area contributed by atoms with Crippen molar-refractivity contribution in [2.24, 2.45) is 12.5 Å². The Bertz CT molecular complexity index is 589. The Labute approximate surface area is 158 Å². The Morgan fingerprint density at radius 2 is 1.96 bits per heavy atom. The predicted octanol–water partition coefficient (Wildman–Crippen LogP) is 2.67. The van der Waals surface area contributed by atoms with Crippen molar-refractivity contribution < 1.29 is 14.3 Å². The van der Waals surface area contributed by atoms with E-state index in [-0.39, 0.29) is 24.4 Å². The normalized spacial score (nSPS) is 12.7. The Morgan fingerprint density at radius 1 is 1.31 bits per heavy atom. The highest BCUT2D eigenvalue weighted by Gasteiger charge is 2.32. The molecule has 1 aromatic heterocycles. The van der Waals surface area contributed by atoms with Crippen LogP contribution in [-0.2, 0) is 27.9 Å². The average molecular weight is 366 g/mol. The fraction of sp³-hybridized carbons (Fsp3) is 0.700. The summed E-state index contributed by atoms with van der Waals surface area (Å²) in [6.07, 6.45) is 2.77. The van der Waals surface area contributed by atoms with E-state index >= 15 is 0 Å². The molecule has 0 radical (unpaired) electrons. The summed E-state index contributed by atoms with van der Waals surface area (Å²) in [5.74, 6) is -0.0492. The van der Waals surface area contributed by atoms with Gasteiger partial charge in [-0.3, -0.25) is 9.59 Å². The minimum Gasteiger partial charge on any atom is -0.383 e. The molecular formula is C20H35N3O3. The van der Waals surface area contributed by atoms with Crippen LogP contribution in [0.25, 0.3) is 0 Å². The molecule has 2 amide bonds. The number of rotatable bonds is 9. The predicted molar refractivity (Wildman–Crippen MR) is 104 cm³/mol. The molecule has 1 atom stereocenters. The van der Waals surface area contributed by atoms with Crippen molar-refractivity contribution in [2.45, 2.75) is 53.6 Å². The molecule has 0 bridgehead atoms. The maximum Gasteiger partial charge on any atom is 0.242 e. The molecule has 1 rings (SSSR count). The summed E-state index contributed by atoms with van der Waals surface area (Å²) in [5, 5.41) is 0. The van der Waals surface area contributed by atoms with Gasteiger partial charge in [0.15, 0.2) is 0 Å². The van der Waals surface area contributed by atoms with Gasteiger partial charge in [0, 0.05) is 44.0 Å². The monoisotopic (exact) mass is 365 g/mol. The third-order valence-electron chi connectivity index (χ3n) is 4.65. The standard InChI is InChI=1S/C20H35N3O3/c1-8-16(2)23(19(25)20(3,4)5)15-18(24)22(12-13-26-7)14-17-10-9-11-21(17)6/h9-11,16H,8,12-15H2,1-7H3. The van der Waals surface area contributed by atoms with Crippen LogP contribution in [0, 0.1) is 5.41 Å². The van der Waals surface area contributed by atoms with Gasteiger partial charge in [0.05, 0.1) is 13.2 Å². The number of aromatic nitrogens is 1. The third kappa shape index (κ3) is 6.16. The highest BCUT2D eigenvalue weighted by molar-refractivity contribution is 5.87. The molecule has 6 heteroatoms. The number of ether oxygens (including phenoxy) is 1. The first-order valence-corrected chi connectivity index (χ1v) is 9.29. The van der Waals surface area contributed by atoms with E-state index < -0.39 is 5.41 Å².